The van der Waals surface area contributed by atoms with Crippen LogP contribution < -0.4 is 4.74 Å². The Morgan fingerprint density at radius 2 is 1.76 bits per heavy atom. The summed E-state index contributed by atoms with van der Waals surface area (Å²) in [5.41, 5.74) is 0.776. The third-order valence-electron chi connectivity index (χ3n) is 2.57. The second-order valence-electron chi connectivity index (χ2n) is 3.98. The summed E-state index contributed by atoms with van der Waals surface area (Å²) in [4.78, 5) is 10.3. The van der Waals surface area contributed by atoms with Crippen LogP contribution in [0.3, 0.4) is 0 Å². The molecule has 0 bridgehead atoms. The number of hydrogen-bond donors (Lipinski definition) is 0. The molecule has 2 aromatic rings. The van der Waals surface area contributed by atoms with Crippen LogP contribution in [0.4, 0.5) is 5.69 Å². The van der Waals surface area contributed by atoms with Crippen LogP contribution in [-0.2, 0) is 5.88 Å². The summed E-state index contributed by atoms with van der Waals surface area (Å²) >= 11 is 15.8. The molecule has 21 heavy (non-hydrogen) atoms. The molecule has 110 valence electrons. The minimum Gasteiger partial charge on any atom is -0.455 e. The monoisotopic (exact) mass is 497 g/mol. The molecule has 0 spiro atoms. The van der Waals surface area contributed by atoms with Crippen molar-refractivity contribution in [3.05, 3.63) is 59.4 Å². The van der Waals surface area contributed by atoms with E-state index >= 15 is 0 Å². The third-order valence-corrected chi connectivity index (χ3v) is 4.53. The molecule has 0 heterocycles. The molecule has 0 aromatic heterocycles. The molecule has 0 aliphatic rings. The first kappa shape index (κ1) is 16.7. The maximum absolute atomic E-state index is 10.8. The Bertz CT molecular complexity index is 686. The van der Waals surface area contributed by atoms with E-state index in [2.05, 4.69) is 47.8 Å². The van der Waals surface area contributed by atoms with E-state index in [4.69, 9.17) is 16.3 Å². The maximum Gasteiger partial charge on any atom is 0.271 e. The van der Waals surface area contributed by atoms with Crippen molar-refractivity contribution in [3.63, 3.8) is 0 Å². The first-order valence-electron chi connectivity index (χ1n) is 5.58. The summed E-state index contributed by atoms with van der Waals surface area (Å²) in [6, 6.07) is 8.24. The van der Waals surface area contributed by atoms with Crippen molar-refractivity contribution in [2.24, 2.45) is 0 Å². The van der Waals surface area contributed by atoms with Gasteiger partial charge in [0.1, 0.15) is 5.75 Å². The van der Waals surface area contributed by atoms with Gasteiger partial charge in [-0.05, 0) is 50.1 Å². The normalized spacial score (nSPS) is 10.5. The molecule has 0 fully saturated rings. The number of halogens is 4. The van der Waals surface area contributed by atoms with Gasteiger partial charge in [0.2, 0.25) is 0 Å². The Morgan fingerprint density at radius 1 is 1.14 bits per heavy atom. The Morgan fingerprint density at radius 3 is 2.29 bits per heavy atom. The number of alkyl halides is 1. The van der Waals surface area contributed by atoms with Gasteiger partial charge in [-0.1, -0.05) is 15.9 Å². The van der Waals surface area contributed by atoms with E-state index < -0.39 is 4.92 Å². The predicted octanol–water partition coefficient (Wildman–Crippen LogP) is 6.41. The summed E-state index contributed by atoms with van der Waals surface area (Å²) in [5.74, 6) is 1.33. The molecular weight excluding hydrogens is 493 g/mol. The van der Waals surface area contributed by atoms with Crippen LogP contribution in [0.1, 0.15) is 5.56 Å². The lowest BCUT2D eigenvalue weighted by atomic mass is 10.2. The fourth-order valence-electron chi connectivity index (χ4n) is 1.61. The molecule has 0 amide bonds. The van der Waals surface area contributed by atoms with Crippen LogP contribution in [0.15, 0.2) is 43.7 Å². The quantitative estimate of drug-likeness (QED) is 0.277. The zero-order valence-electron chi connectivity index (χ0n) is 10.3. The topological polar surface area (TPSA) is 52.4 Å². The van der Waals surface area contributed by atoms with Gasteiger partial charge < -0.3 is 4.74 Å². The van der Waals surface area contributed by atoms with Crippen molar-refractivity contribution < 1.29 is 9.66 Å². The smallest absolute Gasteiger partial charge is 0.271 e. The van der Waals surface area contributed by atoms with Crippen molar-refractivity contribution in [3.8, 4) is 11.5 Å². The highest BCUT2D eigenvalue weighted by molar-refractivity contribution is 9.11. The van der Waals surface area contributed by atoms with E-state index in [1.807, 2.05) is 12.1 Å². The zero-order chi connectivity index (χ0) is 15.6. The predicted molar refractivity (Wildman–Crippen MR) is 92.3 cm³/mol. The molecule has 8 heteroatoms. The minimum atomic E-state index is -0.469. The summed E-state index contributed by atoms with van der Waals surface area (Å²) in [6.07, 6.45) is 0. The van der Waals surface area contributed by atoms with Gasteiger partial charge in [-0.25, -0.2) is 0 Å². The van der Waals surface area contributed by atoms with Crippen molar-refractivity contribution in [1.29, 1.82) is 0 Å². The van der Waals surface area contributed by atoms with Gasteiger partial charge in [-0.15, -0.1) is 11.6 Å². The summed E-state index contributed by atoms with van der Waals surface area (Å²) in [6.45, 7) is 0. The number of non-ortho nitro benzene ring substituents is 1. The van der Waals surface area contributed by atoms with Crippen LogP contribution in [-0.4, -0.2) is 4.92 Å². The molecule has 0 atom stereocenters. The molecular formula is C13H7Br3ClNO3. The van der Waals surface area contributed by atoms with E-state index in [1.54, 1.807) is 6.07 Å². The number of nitro benzene ring substituents is 1. The van der Waals surface area contributed by atoms with Crippen LogP contribution in [0.2, 0.25) is 0 Å². The molecule has 4 nitrogen and oxygen atoms in total. The Balaban J connectivity index is 2.43. The Kier molecular flexibility index (Phi) is 5.65. The lowest BCUT2D eigenvalue weighted by molar-refractivity contribution is -0.385. The fourth-order valence-corrected chi connectivity index (χ4v) is 3.55. The number of rotatable bonds is 4. The molecule has 0 N–H and O–H groups in total. The summed E-state index contributed by atoms with van der Waals surface area (Å²) in [5, 5.41) is 10.8. The highest BCUT2D eigenvalue weighted by Crippen LogP contribution is 2.41. The highest BCUT2D eigenvalue weighted by atomic mass is 79.9. The number of nitro groups is 1. The molecule has 0 radical (unpaired) electrons. The second-order valence-corrected chi connectivity index (χ2v) is 6.87. The molecule has 0 aliphatic heterocycles. The van der Waals surface area contributed by atoms with E-state index in [0.717, 1.165) is 10.0 Å². The van der Waals surface area contributed by atoms with Gasteiger partial charge in [0.05, 0.1) is 19.7 Å². The van der Waals surface area contributed by atoms with Crippen molar-refractivity contribution in [1.82, 2.24) is 0 Å². The van der Waals surface area contributed by atoms with Gasteiger partial charge >= 0.3 is 0 Å². The molecule has 0 saturated heterocycles. The Labute approximate surface area is 151 Å². The summed E-state index contributed by atoms with van der Waals surface area (Å²) < 4.78 is 7.68. The SMILES string of the molecule is O=[N+]([O-])c1cc(Br)c(Oc2ccc(Br)cc2CCl)c(Br)c1. The van der Waals surface area contributed by atoms with Crippen LogP contribution >= 0.6 is 59.4 Å². The maximum atomic E-state index is 10.8. The molecule has 0 unspecified atom stereocenters. The lowest BCUT2D eigenvalue weighted by Crippen LogP contribution is -1.94. The van der Waals surface area contributed by atoms with Gasteiger partial charge in [0.25, 0.3) is 5.69 Å². The zero-order valence-corrected chi connectivity index (χ0v) is 15.8. The molecule has 2 rings (SSSR count). The third kappa shape index (κ3) is 3.97. The van der Waals surface area contributed by atoms with Gasteiger partial charge in [-0.3, -0.25) is 10.1 Å². The number of benzene rings is 2. The highest BCUT2D eigenvalue weighted by Gasteiger charge is 2.17. The minimum absolute atomic E-state index is 0.0329. The lowest BCUT2D eigenvalue weighted by Gasteiger charge is -2.13. The van der Waals surface area contributed by atoms with E-state index in [-0.39, 0.29) is 11.6 Å². The standard InChI is InChI=1S/C13H7Br3ClNO3/c14-8-1-2-12(7(3-8)6-17)21-13-10(15)4-9(18(19)20)5-11(13)16/h1-5H,6H2. The number of nitrogens with zero attached hydrogens (tertiary/aromatic N) is 1. The van der Waals surface area contributed by atoms with Crippen molar-refractivity contribution in [2.75, 3.05) is 0 Å². The molecule has 0 saturated carbocycles. The van der Waals surface area contributed by atoms with Crippen LogP contribution in [0.25, 0.3) is 0 Å². The summed E-state index contributed by atoms with van der Waals surface area (Å²) in [7, 11) is 0. The average molecular weight is 500 g/mol. The fraction of sp³-hybridized carbons (Fsp3) is 0.0769. The van der Waals surface area contributed by atoms with Crippen molar-refractivity contribution >= 4 is 65.1 Å². The number of hydrogen-bond acceptors (Lipinski definition) is 3. The average Bonchev–Trinajstić information content (AvgIpc) is 2.43. The Hall–Kier alpha value is -0.630. The van der Waals surface area contributed by atoms with Gasteiger partial charge in [-0.2, -0.15) is 0 Å². The van der Waals surface area contributed by atoms with Crippen LogP contribution in [0.5, 0.6) is 11.5 Å². The van der Waals surface area contributed by atoms with E-state index in [1.165, 1.54) is 12.1 Å². The largest absolute Gasteiger partial charge is 0.455 e. The molecule has 0 aliphatic carbocycles. The number of ether oxygens (including phenoxy) is 1. The van der Waals surface area contributed by atoms with E-state index in [0.29, 0.717) is 20.4 Å². The first-order chi connectivity index (χ1) is 9.92. The second kappa shape index (κ2) is 7.09. The van der Waals surface area contributed by atoms with Gasteiger partial charge in [0.15, 0.2) is 5.75 Å². The van der Waals surface area contributed by atoms with Crippen molar-refractivity contribution in [2.45, 2.75) is 5.88 Å². The van der Waals surface area contributed by atoms with E-state index in [9.17, 15) is 10.1 Å². The van der Waals surface area contributed by atoms with Gasteiger partial charge in [0, 0.05) is 22.2 Å². The first-order valence-corrected chi connectivity index (χ1v) is 8.49. The van der Waals surface area contributed by atoms with Crippen LogP contribution in [0, 0.1) is 10.1 Å². The molecule has 2 aromatic carbocycles.